The number of amides is 2. The van der Waals surface area contributed by atoms with Gasteiger partial charge in [0, 0.05) is 13.1 Å². The Kier molecular flexibility index (Phi) is 7.20. The summed E-state index contributed by atoms with van der Waals surface area (Å²) in [5, 5.41) is 20.2. The molecule has 0 aliphatic carbocycles. The summed E-state index contributed by atoms with van der Waals surface area (Å²) < 4.78 is 5.35. The predicted octanol–water partition coefficient (Wildman–Crippen LogP) is -0.163. The van der Waals surface area contributed by atoms with Gasteiger partial charge in [0.2, 0.25) is 0 Å². The lowest BCUT2D eigenvalue weighted by atomic mass is 10.3. The first-order valence-corrected chi connectivity index (χ1v) is 6.67. The third kappa shape index (κ3) is 5.05. The fourth-order valence-electron chi connectivity index (χ4n) is 1.73. The van der Waals surface area contributed by atoms with Gasteiger partial charge in [-0.2, -0.15) is 0 Å². The largest absolute Gasteiger partial charge is 0.492 e. The molecule has 0 atom stereocenters. The van der Waals surface area contributed by atoms with E-state index >= 15 is 0 Å². The lowest BCUT2D eigenvalue weighted by Crippen LogP contribution is -2.42. The van der Waals surface area contributed by atoms with Crippen LogP contribution in [0.1, 0.15) is 6.92 Å². The van der Waals surface area contributed by atoms with Crippen LogP contribution in [-0.2, 0) is 9.59 Å². The van der Waals surface area contributed by atoms with E-state index in [1.54, 1.807) is 24.3 Å². The molecule has 7 heteroatoms. The summed E-state index contributed by atoms with van der Waals surface area (Å²) in [5.74, 6) is -1.19. The Morgan fingerprint density at radius 3 is 2.38 bits per heavy atom. The standard InChI is InChI=1S/C14H20N2O5/c1-2-21-12-6-4-3-5-11(12)15-13(19)14(20)16(7-9-17)8-10-18/h3-6,17-18H,2,7-10H2,1H3,(H,15,19). The zero-order valence-electron chi connectivity index (χ0n) is 11.9. The summed E-state index contributed by atoms with van der Waals surface area (Å²) in [6, 6.07) is 6.77. The number of nitrogens with one attached hydrogen (secondary N) is 1. The minimum atomic E-state index is -0.843. The van der Waals surface area contributed by atoms with Gasteiger partial charge in [-0.25, -0.2) is 0 Å². The number of nitrogens with zero attached hydrogens (tertiary/aromatic N) is 1. The van der Waals surface area contributed by atoms with Gasteiger partial charge in [-0.15, -0.1) is 0 Å². The van der Waals surface area contributed by atoms with Crippen LogP contribution in [0.2, 0.25) is 0 Å². The number of para-hydroxylation sites is 2. The van der Waals surface area contributed by atoms with Crippen molar-refractivity contribution in [3.05, 3.63) is 24.3 Å². The van der Waals surface area contributed by atoms with Gasteiger partial charge in [0.1, 0.15) is 5.75 Å². The number of anilines is 1. The monoisotopic (exact) mass is 296 g/mol. The van der Waals surface area contributed by atoms with Gasteiger partial charge in [0.25, 0.3) is 0 Å². The molecule has 1 aromatic rings. The van der Waals surface area contributed by atoms with Gasteiger partial charge in [-0.3, -0.25) is 9.59 Å². The van der Waals surface area contributed by atoms with Crippen molar-refractivity contribution in [3.63, 3.8) is 0 Å². The molecule has 3 N–H and O–H groups in total. The van der Waals surface area contributed by atoms with Crippen molar-refractivity contribution in [1.29, 1.82) is 0 Å². The van der Waals surface area contributed by atoms with Crippen LogP contribution in [0.5, 0.6) is 5.75 Å². The fraction of sp³-hybridized carbons (Fsp3) is 0.429. The highest BCUT2D eigenvalue weighted by atomic mass is 16.5. The van der Waals surface area contributed by atoms with E-state index < -0.39 is 11.8 Å². The fourth-order valence-corrected chi connectivity index (χ4v) is 1.73. The first-order valence-electron chi connectivity index (χ1n) is 6.67. The lowest BCUT2D eigenvalue weighted by molar-refractivity contribution is -0.143. The molecule has 116 valence electrons. The van der Waals surface area contributed by atoms with Crippen molar-refractivity contribution in [1.82, 2.24) is 4.90 Å². The number of carbonyl (C=O) groups is 2. The topological polar surface area (TPSA) is 99.1 Å². The molecule has 0 saturated heterocycles. The SMILES string of the molecule is CCOc1ccccc1NC(=O)C(=O)N(CCO)CCO. The van der Waals surface area contributed by atoms with E-state index in [9.17, 15) is 9.59 Å². The van der Waals surface area contributed by atoms with Gasteiger partial charge in [-0.05, 0) is 19.1 Å². The summed E-state index contributed by atoms with van der Waals surface area (Å²) in [6.07, 6.45) is 0. The normalized spacial score (nSPS) is 10.0. The quantitative estimate of drug-likeness (QED) is 0.607. The maximum Gasteiger partial charge on any atom is 0.314 e. The van der Waals surface area contributed by atoms with Gasteiger partial charge < -0.3 is 25.2 Å². The summed E-state index contributed by atoms with van der Waals surface area (Å²) in [5.41, 5.74) is 0.394. The van der Waals surface area contributed by atoms with Crippen LogP contribution in [0, 0.1) is 0 Å². The van der Waals surface area contributed by atoms with Crippen molar-refractivity contribution in [2.24, 2.45) is 0 Å². The van der Waals surface area contributed by atoms with Crippen molar-refractivity contribution in [2.75, 3.05) is 38.2 Å². The molecule has 0 spiro atoms. The Hall–Kier alpha value is -2.12. The highest BCUT2D eigenvalue weighted by Gasteiger charge is 2.22. The molecular weight excluding hydrogens is 276 g/mol. The number of ether oxygens (including phenoxy) is 1. The molecule has 0 aliphatic rings. The predicted molar refractivity (Wildman–Crippen MR) is 77.0 cm³/mol. The second-order valence-corrected chi connectivity index (χ2v) is 4.12. The molecular formula is C14H20N2O5. The molecule has 0 heterocycles. The number of hydrogen-bond acceptors (Lipinski definition) is 5. The summed E-state index contributed by atoms with van der Waals surface area (Å²) in [6.45, 7) is 1.65. The van der Waals surface area contributed by atoms with E-state index in [0.29, 0.717) is 18.0 Å². The van der Waals surface area contributed by atoms with E-state index in [2.05, 4.69) is 5.32 Å². The van der Waals surface area contributed by atoms with Crippen LogP contribution in [0.3, 0.4) is 0 Å². The first kappa shape index (κ1) is 16.9. The first-order chi connectivity index (χ1) is 10.1. The Bertz CT molecular complexity index is 472. The smallest absolute Gasteiger partial charge is 0.314 e. The molecule has 0 unspecified atom stereocenters. The van der Waals surface area contributed by atoms with E-state index in [1.807, 2.05) is 6.92 Å². The van der Waals surface area contributed by atoms with Gasteiger partial charge in [0.05, 0.1) is 25.5 Å². The van der Waals surface area contributed by atoms with Crippen LogP contribution in [0.25, 0.3) is 0 Å². The number of carbonyl (C=O) groups excluding carboxylic acids is 2. The molecule has 0 bridgehead atoms. The summed E-state index contributed by atoms with van der Waals surface area (Å²) in [7, 11) is 0. The Balaban J connectivity index is 2.77. The molecule has 7 nitrogen and oxygen atoms in total. The van der Waals surface area contributed by atoms with Crippen molar-refractivity contribution in [2.45, 2.75) is 6.92 Å². The van der Waals surface area contributed by atoms with E-state index in [1.165, 1.54) is 0 Å². The average molecular weight is 296 g/mol. The van der Waals surface area contributed by atoms with Gasteiger partial charge in [0.15, 0.2) is 0 Å². The maximum atomic E-state index is 11.9. The Labute approximate surface area is 123 Å². The number of benzene rings is 1. The molecule has 0 aromatic heterocycles. The second-order valence-electron chi connectivity index (χ2n) is 4.12. The second kappa shape index (κ2) is 8.93. The van der Waals surface area contributed by atoms with Crippen LogP contribution in [0.4, 0.5) is 5.69 Å². The number of aliphatic hydroxyl groups is 2. The zero-order valence-corrected chi connectivity index (χ0v) is 11.9. The highest BCUT2D eigenvalue weighted by Crippen LogP contribution is 2.23. The molecule has 1 aromatic carbocycles. The molecule has 2 amide bonds. The number of rotatable bonds is 7. The van der Waals surface area contributed by atoms with E-state index in [4.69, 9.17) is 14.9 Å². The van der Waals surface area contributed by atoms with Gasteiger partial charge in [-0.1, -0.05) is 12.1 Å². The average Bonchev–Trinajstić information content (AvgIpc) is 2.48. The van der Waals surface area contributed by atoms with Crippen LogP contribution < -0.4 is 10.1 Å². The highest BCUT2D eigenvalue weighted by molar-refractivity contribution is 6.39. The molecule has 1 rings (SSSR count). The summed E-state index contributed by atoms with van der Waals surface area (Å²) >= 11 is 0. The number of hydrogen-bond donors (Lipinski definition) is 3. The van der Waals surface area contributed by atoms with Crippen LogP contribution in [0.15, 0.2) is 24.3 Å². The molecule has 0 saturated carbocycles. The third-order valence-corrected chi connectivity index (χ3v) is 2.66. The van der Waals surface area contributed by atoms with Crippen molar-refractivity contribution >= 4 is 17.5 Å². The Morgan fingerprint density at radius 2 is 1.81 bits per heavy atom. The van der Waals surface area contributed by atoms with E-state index in [0.717, 1.165) is 4.90 Å². The van der Waals surface area contributed by atoms with Crippen LogP contribution >= 0.6 is 0 Å². The third-order valence-electron chi connectivity index (χ3n) is 2.66. The van der Waals surface area contributed by atoms with Crippen molar-refractivity contribution in [3.8, 4) is 5.75 Å². The van der Waals surface area contributed by atoms with E-state index in [-0.39, 0.29) is 26.3 Å². The lowest BCUT2D eigenvalue weighted by Gasteiger charge is -2.20. The minimum absolute atomic E-state index is 0.0140. The zero-order chi connectivity index (χ0) is 15.7. The van der Waals surface area contributed by atoms with Crippen molar-refractivity contribution < 1.29 is 24.5 Å². The summed E-state index contributed by atoms with van der Waals surface area (Å²) in [4.78, 5) is 25.0. The van der Waals surface area contributed by atoms with Gasteiger partial charge >= 0.3 is 11.8 Å². The maximum absolute atomic E-state index is 11.9. The number of aliphatic hydroxyl groups excluding tert-OH is 2. The molecule has 0 fully saturated rings. The van der Waals surface area contributed by atoms with Crippen LogP contribution in [-0.4, -0.2) is 59.8 Å². The minimum Gasteiger partial charge on any atom is -0.492 e. The molecule has 21 heavy (non-hydrogen) atoms. The molecule has 0 aliphatic heterocycles. The Morgan fingerprint density at radius 1 is 1.19 bits per heavy atom. The molecule has 0 radical (unpaired) electrons.